The molecule has 1 heterocycles. The number of hydrogen-bond acceptors (Lipinski definition) is 4. The number of fused-ring (bicyclic) bond motifs is 1. The lowest BCUT2D eigenvalue weighted by Gasteiger charge is -2.33. The van der Waals surface area contributed by atoms with Gasteiger partial charge in [-0.15, -0.1) is 0 Å². The van der Waals surface area contributed by atoms with E-state index in [1.54, 1.807) is 20.8 Å². The van der Waals surface area contributed by atoms with E-state index in [1.165, 1.54) is 16.2 Å². The third-order valence-electron chi connectivity index (χ3n) is 2.86. The maximum atomic E-state index is 12.3. The van der Waals surface area contributed by atoms with Crippen LogP contribution in [0.15, 0.2) is 24.3 Å². The lowest BCUT2D eigenvalue weighted by atomic mass is 10.1. The number of nitrogens with one attached hydrogen (secondary N) is 1. The Morgan fingerprint density at radius 3 is 2.57 bits per heavy atom. The molecule has 7 heteroatoms. The van der Waals surface area contributed by atoms with Crippen LogP contribution in [0.3, 0.4) is 0 Å². The summed E-state index contributed by atoms with van der Waals surface area (Å²) in [6.45, 7) is 5.00. The van der Waals surface area contributed by atoms with Crippen molar-refractivity contribution in [2.75, 3.05) is 11.9 Å². The van der Waals surface area contributed by atoms with Gasteiger partial charge in [0.15, 0.2) is 5.13 Å². The second kappa shape index (κ2) is 5.69. The van der Waals surface area contributed by atoms with E-state index in [4.69, 9.17) is 5.11 Å². The van der Waals surface area contributed by atoms with Crippen molar-refractivity contribution in [2.24, 2.45) is 0 Å². The highest BCUT2D eigenvalue weighted by atomic mass is 32.1. The Morgan fingerprint density at radius 2 is 2.00 bits per heavy atom. The number of hydrogen-bond donors (Lipinski definition) is 2. The SMILES string of the molecule is CC(C)(C)N(CC(=O)O)C(=O)Nc1nc2ccccc2s1. The number of benzene rings is 1. The van der Waals surface area contributed by atoms with Crippen LogP contribution >= 0.6 is 11.3 Å². The first-order chi connectivity index (χ1) is 9.77. The van der Waals surface area contributed by atoms with Crippen molar-refractivity contribution in [3.63, 3.8) is 0 Å². The van der Waals surface area contributed by atoms with Crippen molar-refractivity contribution in [2.45, 2.75) is 26.3 Å². The summed E-state index contributed by atoms with van der Waals surface area (Å²) in [5, 5.41) is 12.1. The summed E-state index contributed by atoms with van der Waals surface area (Å²) in [7, 11) is 0. The molecule has 0 aliphatic carbocycles. The Morgan fingerprint density at radius 1 is 1.33 bits per heavy atom. The number of carbonyl (C=O) groups is 2. The Hall–Kier alpha value is -2.15. The quantitative estimate of drug-likeness (QED) is 0.913. The number of rotatable bonds is 3. The molecule has 0 aliphatic rings. The number of carboxylic acid groups (broad SMARTS) is 1. The second-order valence-electron chi connectivity index (χ2n) is 5.57. The molecule has 21 heavy (non-hydrogen) atoms. The van der Waals surface area contributed by atoms with E-state index >= 15 is 0 Å². The first-order valence-electron chi connectivity index (χ1n) is 6.43. The highest BCUT2D eigenvalue weighted by Gasteiger charge is 2.29. The molecule has 2 rings (SSSR count). The van der Waals surface area contributed by atoms with E-state index in [2.05, 4.69) is 10.3 Å². The zero-order chi connectivity index (χ0) is 15.6. The number of amides is 2. The summed E-state index contributed by atoms with van der Waals surface area (Å²) in [4.78, 5) is 28.8. The van der Waals surface area contributed by atoms with Crippen LogP contribution in [0.25, 0.3) is 10.2 Å². The molecule has 0 saturated heterocycles. The van der Waals surface area contributed by atoms with Crippen molar-refractivity contribution in [1.29, 1.82) is 0 Å². The van der Waals surface area contributed by atoms with Gasteiger partial charge in [0.05, 0.1) is 10.2 Å². The Bertz CT molecular complexity index is 642. The van der Waals surface area contributed by atoms with E-state index in [0.29, 0.717) is 5.13 Å². The van der Waals surface area contributed by atoms with Crippen LogP contribution in [-0.4, -0.2) is 39.1 Å². The van der Waals surface area contributed by atoms with Crippen LogP contribution in [0.5, 0.6) is 0 Å². The predicted molar refractivity (Wildman–Crippen MR) is 82.7 cm³/mol. The Kier molecular flexibility index (Phi) is 4.13. The first-order valence-corrected chi connectivity index (χ1v) is 7.25. The smallest absolute Gasteiger partial charge is 0.324 e. The van der Waals surface area contributed by atoms with Gasteiger partial charge in [0.25, 0.3) is 0 Å². The average molecular weight is 307 g/mol. The highest BCUT2D eigenvalue weighted by molar-refractivity contribution is 7.22. The number of urea groups is 1. The fourth-order valence-corrected chi connectivity index (χ4v) is 2.69. The van der Waals surface area contributed by atoms with Gasteiger partial charge in [-0.05, 0) is 32.9 Å². The van der Waals surface area contributed by atoms with Gasteiger partial charge in [-0.2, -0.15) is 0 Å². The number of aliphatic carboxylic acids is 1. The van der Waals surface area contributed by atoms with Gasteiger partial charge < -0.3 is 10.0 Å². The van der Waals surface area contributed by atoms with E-state index in [9.17, 15) is 9.59 Å². The van der Waals surface area contributed by atoms with Gasteiger partial charge in [-0.25, -0.2) is 9.78 Å². The van der Waals surface area contributed by atoms with Gasteiger partial charge >= 0.3 is 12.0 Å². The summed E-state index contributed by atoms with van der Waals surface area (Å²) >= 11 is 1.36. The molecular weight excluding hydrogens is 290 g/mol. The summed E-state index contributed by atoms with van der Waals surface area (Å²) < 4.78 is 0.966. The molecule has 2 N–H and O–H groups in total. The monoisotopic (exact) mass is 307 g/mol. The van der Waals surface area contributed by atoms with Crippen molar-refractivity contribution in [3.05, 3.63) is 24.3 Å². The van der Waals surface area contributed by atoms with Gasteiger partial charge in [0.2, 0.25) is 0 Å². The molecule has 2 aromatic rings. The summed E-state index contributed by atoms with van der Waals surface area (Å²) in [6.07, 6.45) is 0. The molecule has 0 saturated carbocycles. The third-order valence-corrected chi connectivity index (χ3v) is 3.81. The van der Waals surface area contributed by atoms with Gasteiger partial charge in [-0.1, -0.05) is 23.5 Å². The molecule has 0 fully saturated rings. The minimum absolute atomic E-state index is 0.361. The average Bonchev–Trinajstić information content (AvgIpc) is 2.76. The molecule has 0 unspecified atom stereocenters. The molecule has 1 aromatic carbocycles. The molecule has 0 spiro atoms. The fraction of sp³-hybridized carbons (Fsp3) is 0.357. The molecule has 0 aliphatic heterocycles. The summed E-state index contributed by atoms with van der Waals surface area (Å²) in [5.41, 5.74) is 0.206. The summed E-state index contributed by atoms with van der Waals surface area (Å²) in [5.74, 6) is -1.05. The molecule has 2 amide bonds. The van der Waals surface area contributed by atoms with Crippen LogP contribution < -0.4 is 5.32 Å². The normalized spacial score (nSPS) is 11.4. The number of aromatic nitrogens is 1. The van der Waals surface area contributed by atoms with Crippen LogP contribution in [-0.2, 0) is 4.79 Å². The van der Waals surface area contributed by atoms with Gasteiger partial charge in [0.1, 0.15) is 6.54 Å². The van der Waals surface area contributed by atoms with E-state index in [1.807, 2.05) is 24.3 Å². The molecule has 112 valence electrons. The lowest BCUT2D eigenvalue weighted by Crippen LogP contribution is -2.50. The number of carbonyl (C=O) groups excluding carboxylic acids is 1. The van der Waals surface area contributed by atoms with E-state index in [-0.39, 0.29) is 6.54 Å². The largest absolute Gasteiger partial charge is 0.480 e. The number of nitrogens with zero attached hydrogens (tertiary/aromatic N) is 2. The van der Waals surface area contributed by atoms with Crippen molar-refractivity contribution in [3.8, 4) is 0 Å². The van der Waals surface area contributed by atoms with E-state index < -0.39 is 17.5 Å². The summed E-state index contributed by atoms with van der Waals surface area (Å²) in [6, 6.07) is 7.09. The van der Waals surface area contributed by atoms with Gasteiger partial charge in [0, 0.05) is 5.54 Å². The topological polar surface area (TPSA) is 82.5 Å². The number of anilines is 1. The number of carboxylic acids is 1. The molecule has 0 atom stereocenters. The number of thiazole rings is 1. The molecule has 0 radical (unpaired) electrons. The minimum atomic E-state index is -1.05. The third kappa shape index (κ3) is 3.69. The molecule has 1 aromatic heterocycles. The minimum Gasteiger partial charge on any atom is -0.480 e. The van der Waals surface area contributed by atoms with E-state index in [0.717, 1.165) is 10.2 Å². The van der Waals surface area contributed by atoms with Crippen LogP contribution in [0.1, 0.15) is 20.8 Å². The van der Waals surface area contributed by atoms with Gasteiger partial charge in [-0.3, -0.25) is 10.1 Å². The second-order valence-corrected chi connectivity index (χ2v) is 6.60. The van der Waals surface area contributed by atoms with Crippen LogP contribution in [0.4, 0.5) is 9.93 Å². The van der Waals surface area contributed by atoms with Crippen molar-refractivity contribution in [1.82, 2.24) is 9.88 Å². The highest BCUT2D eigenvalue weighted by Crippen LogP contribution is 2.26. The van der Waals surface area contributed by atoms with Crippen LogP contribution in [0.2, 0.25) is 0 Å². The van der Waals surface area contributed by atoms with Crippen LogP contribution in [0, 0.1) is 0 Å². The van der Waals surface area contributed by atoms with Crippen molar-refractivity contribution < 1.29 is 14.7 Å². The Labute approximate surface area is 126 Å². The predicted octanol–water partition coefficient (Wildman–Crippen LogP) is 3.01. The zero-order valence-corrected chi connectivity index (χ0v) is 12.9. The first kappa shape index (κ1) is 15.2. The zero-order valence-electron chi connectivity index (χ0n) is 12.1. The maximum Gasteiger partial charge on any atom is 0.324 e. The molecule has 0 bridgehead atoms. The fourth-order valence-electron chi connectivity index (χ4n) is 1.83. The maximum absolute atomic E-state index is 12.3. The Balaban J connectivity index is 2.19. The number of para-hydroxylation sites is 1. The van der Waals surface area contributed by atoms with Crippen molar-refractivity contribution >= 4 is 38.7 Å². The molecular formula is C14H17N3O3S. The lowest BCUT2D eigenvalue weighted by molar-refractivity contribution is -0.138. The molecule has 6 nitrogen and oxygen atoms in total. The standard InChI is InChI=1S/C14H17N3O3S/c1-14(2,3)17(8-11(18)19)13(20)16-12-15-9-6-4-5-7-10(9)21-12/h4-7H,8H2,1-3H3,(H,18,19)(H,15,16,20).